The largest absolute Gasteiger partial charge is 0.401 e. The van der Waals surface area contributed by atoms with E-state index in [1.54, 1.807) is 13.0 Å². The van der Waals surface area contributed by atoms with Gasteiger partial charge in [-0.15, -0.1) is 0 Å². The third-order valence-corrected chi connectivity index (χ3v) is 5.91. The molecule has 0 aliphatic carbocycles. The summed E-state index contributed by atoms with van der Waals surface area (Å²) in [6.07, 6.45) is 3.38. The zero-order valence-corrected chi connectivity index (χ0v) is 16.4. The van der Waals surface area contributed by atoms with Gasteiger partial charge in [-0.2, -0.15) is 0 Å². The Balaban J connectivity index is 1.94. The molecule has 1 saturated heterocycles. The van der Waals surface area contributed by atoms with Gasteiger partial charge in [0.25, 0.3) is 5.91 Å². The Morgan fingerprint density at radius 2 is 2.20 bits per heavy atom. The molecule has 3 N–H and O–H groups in total. The summed E-state index contributed by atoms with van der Waals surface area (Å²) in [7, 11) is 2.14. The summed E-state index contributed by atoms with van der Waals surface area (Å²) in [4.78, 5) is 16.1. The summed E-state index contributed by atoms with van der Waals surface area (Å²) in [5.74, 6) is -0.154. The van der Waals surface area contributed by atoms with E-state index in [2.05, 4.69) is 23.8 Å². The molecule has 1 amide bonds. The van der Waals surface area contributed by atoms with Crippen LogP contribution in [0.15, 0.2) is 41.4 Å². The molecule has 2 rings (SSSR count). The van der Waals surface area contributed by atoms with E-state index in [9.17, 15) is 4.79 Å². The zero-order valence-electron chi connectivity index (χ0n) is 14.8. The third-order valence-electron chi connectivity index (χ3n) is 4.40. The second-order valence-electron chi connectivity index (χ2n) is 6.34. The number of benzene rings is 1. The van der Waals surface area contributed by atoms with Gasteiger partial charge in [0, 0.05) is 33.8 Å². The van der Waals surface area contributed by atoms with Crippen LogP contribution < -0.4 is 11.1 Å². The number of allylic oxidation sites excluding steroid dienone is 1. The van der Waals surface area contributed by atoms with Crippen molar-refractivity contribution < 1.29 is 4.79 Å². The predicted molar refractivity (Wildman–Crippen MR) is 108 cm³/mol. The lowest BCUT2D eigenvalue weighted by atomic mass is 10.1. The molecule has 4 nitrogen and oxygen atoms in total. The van der Waals surface area contributed by atoms with E-state index in [-0.39, 0.29) is 5.91 Å². The standard InChI is InChI=1S/C19H26ClN3OS/c1-13(21)18(25-14(2)16-8-4-5-9-17(16)20)19(24)22-11-10-15-7-6-12-23(15)3/h4-5,8-9,15H,2,6-7,10-12,21H2,1,3H3,(H,22,24)/b18-13-. The van der Waals surface area contributed by atoms with E-state index < -0.39 is 0 Å². The first-order valence-electron chi connectivity index (χ1n) is 8.46. The number of carbonyl (C=O) groups excluding carboxylic acids is 1. The Morgan fingerprint density at radius 3 is 2.80 bits per heavy atom. The smallest absolute Gasteiger partial charge is 0.259 e. The maximum atomic E-state index is 12.5. The van der Waals surface area contributed by atoms with E-state index in [0.29, 0.717) is 33.1 Å². The second kappa shape index (κ2) is 9.32. The number of halogens is 1. The number of hydrogen-bond donors (Lipinski definition) is 2. The van der Waals surface area contributed by atoms with Gasteiger partial charge in [0.15, 0.2) is 0 Å². The first-order chi connectivity index (χ1) is 11.9. The summed E-state index contributed by atoms with van der Waals surface area (Å²) in [6, 6.07) is 8.00. The molecule has 1 unspecified atom stereocenters. The average Bonchev–Trinajstić information content (AvgIpc) is 2.97. The molecule has 1 fully saturated rings. The summed E-state index contributed by atoms with van der Waals surface area (Å²) in [6.45, 7) is 7.56. The predicted octanol–water partition coefficient (Wildman–Crippen LogP) is 3.83. The highest BCUT2D eigenvalue weighted by Gasteiger charge is 2.21. The maximum absolute atomic E-state index is 12.5. The highest BCUT2D eigenvalue weighted by atomic mass is 35.5. The molecule has 1 aliphatic heterocycles. The molecule has 0 bridgehead atoms. The van der Waals surface area contributed by atoms with Gasteiger partial charge in [0.05, 0.1) is 4.91 Å². The number of hydrogen-bond acceptors (Lipinski definition) is 4. The molecule has 1 atom stereocenters. The van der Waals surface area contributed by atoms with Crippen LogP contribution in [0.5, 0.6) is 0 Å². The van der Waals surface area contributed by atoms with E-state index in [0.717, 1.165) is 18.5 Å². The Hall–Kier alpha value is -1.43. The van der Waals surface area contributed by atoms with Gasteiger partial charge in [-0.25, -0.2) is 0 Å². The van der Waals surface area contributed by atoms with Crippen molar-refractivity contribution in [2.75, 3.05) is 20.1 Å². The molecular weight excluding hydrogens is 354 g/mol. The quantitative estimate of drug-likeness (QED) is 0.707. The molecule has 25 heavy (non-hydrogen) atoms. The lowest BCUT2D eigenvalue weighted by molar-refractivity contribution is -0.116. The molecule has 0 aromatic heterocycles. The number of rotatable bonds is 7. The van der Waals surface area contributed by atoms with Crippen LogP contribution in [-0.2, 0) is 4.79 Å². The van der Waals surface area contributed by atoms with Gasteiger partial charge in [-0.3, -0.25) is 4.79 Å². The van der Waals surface area contributed by atoms with Gasteiger partial charge in [0.1, 0.15) is 0 Å². The van der Waals surface area contributed by atoms with E-state index in [1.807, 2.05) is 18.2 Å². The van der Waals surface area contributed by atoms with Crippen molar-refractivity contribution >= 4 is 34.2 Å². The van der Waals surface area contributed by atoms with Gasteiger partial charge in [-0.05, 0) is 45.8 Å². The van der Waals surface area contributed by atoms with Crippen LogP contribution in [-0.4, -0.2) is 37.0 Å². The number of thioether (sulfide) groups is 1. The number of nitrogens with zero attached hydrogens (tertiary/aromatic N) is 1. The third kappa shape index (κ3) is 5.53. The van der Waals surface area contributed by atoms with E-state index >= 15 is 0 Å². The van der Waals surface area contributed by atoms with Crippen LogP contribution in [0, 0.1) is 0 Å². The molecule has 1 aromatic rings. The topological polar surface area (TPSA) is 58.4 Å². The van der Waals surface area contributed by atoms with Crippen molar-refractivity contribution in [3.63, 3.8) is 0 Å². The molecule has 1 heterocycles. The Bertz CT molecular complexity index is 670. The fourth-order valence-electron chi connectivity index (χ4n) is 2.95. The van der Waals surface area contributed by atoms with Crippen LogP contribution in [0.2, 0.25) is 5.02 Å². The van der Waals surface area contributed by atoms with E-state index in [1.165, 1.54) is 24.6 Å². The summed E-state index contributed by atoms with van der Waals surface area (Å²) < 4.78 is 0. The second-order valence-corrected chi connectivity index (χ2v) is 7.85. The van der Waals surface area contributed by atoms with Crippen LogP contribution in [0.1, 0.15) is 31.7 Å². The van der Waals surface area contributed by atoms with Crippen molar-refractivity contribution in [3.05, 3.63) is 52.0 Å². The maximum Gasteiger partial charge on any atom is 0.259 e. The fourth-order valence-corrected chi connectivity index (χ4v) is 4.11. The molecule has 1 aromatic carbocycles. The van der Waals surface area contributed by atoms with Gasteiger partial charge in [-0.1, -0.05) is 48.1 Å². The Morgan fingerprint density at radius 1 is 1.48 bits per heavy atom. The van der Waals surface area contributed by atoms with Gasteiger partial charge in [0.2, 0.25) is 0 Å². The van der Waals surface area contributed by atoms with Crippen molar-refractivity contribution in [1.82, 2.24) is 10.2 Å². The molecule has 0 saturated carbocycles. The molecule has 136 valence electrons. The number of nitrogens with one attached hydrogen (secondary N) is 1. The van der Waals surface area contributed by atoms with Crippen molar-refractivity contribution in [2.45, 2.75) is 32.2 Å². The minimum atomic E-state index is -0.154. The molecular formula is C19H26ClN3OS. The lowest BCUT2D eigenvalue weighted by Crippen LogP contribution is -2.32. The molecule has 1 aliphatic rings. The first kappa shape index (κ1) is 19.9. The van der Waals surface area contributed by atoms with Gasteiger partial charge < -0.3 is 16.0 Å². The average molecular weight is 380 g/mol. The van der Waals surface area contributed by atoms with Crippen molar-refractivity contribution in [2.24, 2.45) is 5.73 Å². The Kier molecular flexibility index (Phi) is 7.41. The number of likely N-dealkylation sites (tertiary alicyclic amines) is 1. The molecule has 6 heteroatoms. The number of carbonyl (C=O) groups is 1. The fraction of sp³-hybridized carbons (Fsp3) is 0.421. The minimum Gasteiger partial charge on any atom is -0.401 e. The molecule has 0 radical (unpaired) electrons. The van der Waals surface area contributed by atoms with Crippen molar-refractivity contribution in [3.8, 4) is 0 Å². The van der Waals surface area contributed by atoms with Crippen LogP contribution in [0.4, 0.5) is 0 Å². The van der Waals surface area contributed by atoms with Crippen molar-refractivity contribution in [1.29, 1.82) is 0 Å². The van der Waals surface area contributed by atoms with Crippen LogP contribution in [0.25, 0.3) is 4.91 Å². The summed E-state index contributed by atoms with van der Waals surface area (Å²) >= 11 is 7.47. The summed E-state index contributed by atoms with van der Waals surface area (Å²) in [5, 5.41) is 3.59. The Labute approximate surface area is 159 Å². The highest BCUT2D eigenvalue weighted by Crippen LogP contribution is 2.36. The minimum absolute atomic E-state index is 0.154. The normalized spacial score (nSPS) is 18.8. The molecule has 0 spiro atoms. The zero-order chi connectivity index (χ0) is 18.4. The van der Waals surface area contributed by atoms with Crippen LogP contribution >= 0.6 is 23.4 Å². The van der Waals surface area contributed by atoms with Crippen LogP contribution in [0.3, 0.4) is 0 Å². The lowest BCUT2D eigenvalue weighted by Gasteiger charge is -2.19. The summed E-state index contributed by atoms with van der Waals surface area (Å²) in [5.41, 5.74) is 7.23. The van der Waals surface area contributed by atoms with Gasteiger partial charge >= 0.3 is 0 Å². The number of nitrogens with two attached hydrogens (primary N) is 1. The number of amides is 1. The highest BCUT2D eigenvalue weighted by molar-refractivity contribution is 8.12. The SMILES string of the molecule is C=C(S/C(C(=O)NCCC1CCCN1C)=C(/C)N)c1ccccc1Cl. The first-order valence-corrected chi connectivity index (χ1v) is 9.66. The van der Waals surface area contributed by atoms with E-state index in [4.69, 9.17) is 17.3 Å². The monoisotopic (exact) mass is 379 g/mol.